The molecule has 2 fully saturated rings. The van der Waals surface area contributed by atoms with Crippen molar-refractivity contribution < 1.29 is 9.59 Å². The van der Waals surface area contributed by atoms with Gasteiger partial charge in [-0.15, -0.1) is 0 Å². The molecular weight excluding hydrogens is 316 g/mol. The van der Waals surface area contributed by atoms with Crippen molar-refractivity contribution in [2.75, 3.05) is 25.0 Å². The first-order valence-corrected chi connectivity index (χ1v) is 9.27. The fourth-order valence-electron chi connectivity index (χ4n) is 3.47. The van der Waals surface area contributed by atoms with E-state index in [2.05, 4.69) is 27.4 Å². The molecule has 0 spiro atoms. The minimum absolute atomic E-state index is 0.00504. The summed E-state index contributed by atoms with van der Waals surface area (Å²) < 4.78 is 0. The maximum Gasteiger partial charge on any atom is 0.234 e. The van der Waals surface area contributed by atoms with Crippen molar-refractivity contribution in [2.45, 2.75) is 45.6 Å². The number of likely N-dealkylation sites (tertiary alicyclic amines) is 1. The van der Waals surface area contributed by atoms with Crippen LogP contribution in [0.4, 0.5) is 5.82 Å². The number of nitrogens with zero attached hydrogens (tertiary/aromatic N) is 2. The molecule has 2 atom stereocenters. The van der Waals surface area contributed by atoms with Crippen molar-refractivity contribution in [1.29, 1.82) is 0 Å². The van der Waals surface area contributed by atoms with E-state index in [1.165, 1.54) is 12.8 Å². The van der Waals surface area contributed by atoms with E-state index in [-0.39, 0.29) is 23.8 Å². The van der Waals surface area contributed by atoms with Crippen LogP contribution in [-0.4, -0.2) is 47.4 Å². The highest BCUT2D eigenvalue weighted by Crippen LogP contribution is 2.32. The normalized spacial score (nSPS) is 22.2. The SMILES string of the molecule is Cc1cccc(NC(=O)[C@@H]2CCCN(CC(=O)N[C@@H](C)C3CC3)C2)n1. The zero-order chi connectivity index (χ0) is 17.8. The molecule has 1 aromatic rings. The molecule has 2 heterocycles. The van der Waals surface area contributed by atoms with Crippen molar-refractivity contribution in [1.82, 2.24) is 15.2 Å². The van der Waals surface area contributed by atoms with E-state index in [9.17, 15) is 9.59 Å². The molecule has 1 aliphatic carbocycles. The van der Waals surface area contributed by atoms with E-state index in [0.29, 0.717) is 24.8 Å². The first kappa shape index (κ1) is 17.9. The summed E-state index contributed by atoms with van der Waals surface area (Å²) in [5.41, 5.74) is 0.879. The van der Waals surface area contributed by atoms with Crippen LogP contribution in [0.15, 0.2) is 18.2 Å². The van der Waals surface area contributed by atoms with E-state index in [1.807, 2.05) is 19.1 Å². The van der Waals surface area contributed by atoms with E-state index < -0.39 is 0 Å². The quantitative estimate of drug-likeness (QED) is 0.827. The van der Waals surface area contributed by atoms with Gasteiger partial charge in [-0.2, -0.15) is 0 Å². The summed E-state index contributed by atoms with van der Waals surface area (Å²) in [4.78, 5) is 31.1. The molecule has 3 rings (SSSR count). The molecule has 2 aliphatic rings. The predicted octanol–water partition coefficient (Wildman–Crippen LogP) is 1.96. The van der Waals surface area contributed by atoms with E-state index >= 15 is 0 Å². The largest absolute Gasteiger partial charge is 0.352 e. The van der Waals surface area contributed by atoms with Crippen molar-refractivity contribution in [2.24, 2.45) is 11.8 Å². The number of aryl methyl sites for hydroxylation is 1. The van der Waals surface area contributed by atoms with Gasteiger partial charge >= 0.3 is 0 Å². The van der Waals surface area contributed by atoms with Crippen LogP contribution < -0.4 is 10.6 Å². The number of pyridine rings is 1. The Balaban J connectivity index is 1.48. The summed E-state index contributed by atoms with van der Waals surface area (Å²) in [7, 11) is 0. The van der Waals surface area contributed by atoms with E-state index in [4.69, 9.17) is 0 Å². The average Bonchev–Trinajstić information content (AvgIpc) is 3.40. The second kappa shape index (κ2) is 7.95. The third-order valence-corrected chi connectivity index (χ3v) is 5.10. The van der Waals surface area contributed by atoms with Gasteiger partial charge in [0.15, 0.2) is 0 Å². The van der Waals surface area contributed by atoms with E-state index in [0.717, 1.165) is 25.1 Å². The van der Waals surface area contributed by atoms with Crippen LogP contribution in [0, 0.1) is 18.8 Å². The third kappa shape index (κ3) is 5.26. The number of nitrogens with one attached hydrogen (secondary N) is 2. The molecule has 0 radical (unpaired) electrons. The molecular formula is C19H28N4O2. The lowest BCUT2D eigenvalue weighted by atomic mass is 9.97. The van der Waals surface area contributed by atoms with Gasteiger partial charge in [-0.05, 0) is 64.1 Å². The highest BCUT2D eigenvalue weighted by atomic mass is 16.2. The number of amides is 2. The van der Waals surface area contributed by atoms with Gasteiger partial charge in [-0.1, -0.05) is 6.07 Å². The molecule has 136 valence electrons. The van der Waals surface area contributed by atoms with Gasteiger partial charge in [0, 0.05) is 18.3 Å². The highest BCUT2D eigenvalue weighted by molar-refractivity contribution is 5.92. The topological polar surface area (TPSA) is 74.3 Å². The standard InChI is InChI=1S/C19H28N4O2/c1-13-5-3-7-17(20-13)22-19(25)16-6-4-10-23(11-16)12-18(24)21-14(2)15-8-9-15/h3,5,7,14-16H,4,6,8-12H2,1-2H3,(H,21,24)(H,20,22,25)/t14-,16+/m0/s1. The van der Waals surface area contributed by atoms with Crippen molar-refractivity contribution >= 4 is 17.6 Å². The maximum absolute atomic E-state index is 12.5. The Hall–Kier alpha value is -1.95. The van der Waals surface area contributed by atoms with Gasteiger partial charge in [-0.3, -0.25) is 14.5 Å². The van der Waals surface area contributed by atoms with Crippen molar-refractivity contribution in [3.05, 3.63) is 23.9 Å². The van der Waals surface area contributed by atoms with Crippen LogP contribution >= 0.6 is 0 Å². The number of hydrogen-bond acceptors (Lipinski definition) is 4. The molecule has 0 unspecified atom stereocenters. The number of carbonyl (C=O) groups is 2. The molecule has 1 saturated heterocycles. The number of carbonyl (C=O) groups excluding carboxylic acids is 2. The third-order valence-electron chi connectivity index (χ3n) is 5.10. The summed E-state index contributed by atoms with van der Waals surface area (Å²) in [6.45, 7) is 5.86. The Bertz CT molecular complexity index is 630. The molecule has 6 nitrogen and oxygen atoms in total. The second-order valence-corrected chi connectivity index (χ2v) is 7.42. The number of anilines is 1. The fraction of sp³-hybridized carbons (Fsp3) is 0.632. The van der Waals surface area contributed by atoms with Crippen LogP contribution in [0.2, 0.25) is 0 Å². The minimum Gasteiger partial charge on any atom is -0.352 e. The smallest absolute Gasteiger partial charge is 0.234 e. The van der Waals surface area contributed by atoms with Crippen molar-refractivity contribution in [3.8, 4) is 0 Å². The summed E-state index contributed by atoms with van der Waals surface area (Å²) in [5.74, 6) is 1.23. The van der Waals surface area contributed by atoms with Crippen LogP contribution in [0.5, 0.6) is 0 Å². The Morgan fingerprint density at radius 3 is 2.84 bits per heavy atom. The summed E-state index contributed by atoms with van der Waals surface area (Å²) in [5, 5.41) is 5.99. The first-order valence-electron chi connectivity index (χ1n) is 9.27. The van der Waals surface area contributed by atoms with Crippen LogP contribution in [0.3, 0.4) is 0 Å². The fourth-order valence-corrected chi connectivity index (χ4v) is 3.47. The molecule has 1 aliphatic heterocycles. The lowest BCUT2D eigenvalue weighted by molar-refractivity contribution is -0.126. The predicted molar refractivity (Wildman–Crippen MR) is 97.1 cm³/mol. The number of hydrogen-bond donors (Lipinski definition) is 2. The number of rotatable bonds is 6. The van der Waals surface area contributed by atoms with Gasteiger partial charge in [0.2, 0.25) is 11.8 Å². The van der Waals surface area contributed by atoms with Crippen molar-refractivity contribution in [3.63, 3.8) is 0 Å². The van der Waals surface area contributed by atoms with Gasteiger partial charge < -0.3 is 10.6 Å². The Morgan fingerprint density at radius 2 is 2.12 bits per heavy atom. The first-order chi connectivity index (χ1) is 12.0. The molecule has 0 bridgehead atoms. The molecule has 2 amide bonds. The Kier molecular flexibility index (Phi) is 5.68. The molecule has 6 heteroatoms. The van der Waals surface area contributed by atoms with Gasteiger partial charge in [0.05, 0.1) is 12.5 Å². The second-order valence-electron chi connectivity index (χ2n) is 7.42. The van der Waals surface area contributed by atoms with Gasteiger partial charge in [-0.25, -0.2) is 4.98 Å². The van der Waals surface area contributed by atoms with Crippen LogP contribution in [0.1, 0.15) is 38.3 Å². The Morgan fingerprint density at radius 1 is 1.32 bits per heavy atom. The molecule has 0 aromatic carbocycles. The van der Waals surface area contributed by atoms with Crippen LogP contribution in [0.25, 0.3) is 0 Å². The minimum atomic E-state index is -0.0929. The zero-order valence-electron chi connectivity index (χ0n) is 15.1. The lowest BCUT2D eigenvalue weighted by Gasteiger charge is -2.31. The Labute approximate surface area is 149 Å². The molecule has 25 heavy (non-hydrogen) atoms. The van der Waals surface area contributed by atoms with Crippen LogP contribution in [-0.2, 0) is 9.59 Å². The summed E-state index contributed by atoms with van der Waals surface area (Å²) in [6.07, 6.45) is 4.24. The van der Waals surface area contributed by atoms with Gasteiger partial charge in [0.25, 0.3) is 0 Å². The highest BCUT2D eigenvalue weighted by Gasteiger charge is 2.30. The number of piperidine rings is 1. The molecule has 1 saturated carbocycles. The maximum atomic E-state index is 12.5. The lowest BCUT2D eigenvalue weighted by Crippen LogP contribution is -2.47. The summed E-state index contributed by atoms with van der Waals surface area (Å²) >= 11 is 0. The van der Waals surface area contributed by atoms with E-state index in [1.54, 1.807) is 6.07 Å². The molecule has 2 N–H and O–H groups in total. The monoisotopic (exact) mass is 344 g/mol. The average molecular weight is 344 g/mol. The number of aromatic nitrogens is 1. The van der Waals surface area contributed by atoms with Gasteiger partial charge in [0.1, 0.15) is 5.82 Å². The zero-order valence-corrected chi connectivity index (χ0v) is 15.1. The summed E-state index contributed by atoms with van der Waals surface area (Å²) in [6, 6.07) is 5.86. The molecule has 1 aromatic heterocycles.